The number of carbonyl (C=O) groups is 2. The Bertz CT molecular complexity index is 671. The Balaban J connectivity index is 1.57. The van der Waals surface area contributed by atoms with Gasteiger partial charge in [-0.25, -0.2) is 0 Å². The molecule has 0 N–H and O–H groups in total. The van der Waals surface area contributed by atoms with Crippen LogP contribution in [0.4, 0.5) is 0 Å². The maximum Gasteiger partial charge on any atom is 0.302 e. The number of ketones is 1. The Hall–Kier alpha value is -0.830. The van der Waals surface area contributed by atoms with Crippen LogP contribution in [0.5, 0.6) is 0 Å². The summed E-state index contributed by atoms with van der Waals surface area (Å²) in [4.78, 5) is 23.8. The number of halogens is 1. The molecule has 7 atom stereocenters. The molecule has 3 saturated carbocycles. The number of rotatable bonds is 3. The normalized spacial score (nSPS) is 45.9. The fourth-order valence-electron chi connectivity index (χ4n) is 7.58. The monoisotopic (exact) mass is 392 g/mol. The first kappa shape index (κ1) is 19.5. The highest BCUT2D eigenvalue weighted by atomic mass is 35.5. The van der Waals surface area contributed by atoms with Gasteiger partial charge >= 0.3 is 5.97 Å². The lowest BCUT2D eigenvalue weighted by atomic mass is 9.47. The van der Waals surface area contributed by atoms with E-state index in [1.54, 1.807) is 0 Å². The maximum atomic E-state index is 12.5. The first-order valence-corrected chi connectivity index (χ1v) is 11.3. The van der Waals surface area contributed by atoms with Crippen molar-refractivity contribution in [3.8, 4) is 0 Å². The molecule has 27 heavy (non-hydrogen) atoms. The van der Waals surface area contributed by atoms with E-state index in [-0.39, 0.29) is 40.5 Å². The predicted molar refractivity (Wildman–Crippen MR) is 106 cm³/mol. The van der Waals surface area contributed by atoms with Crippen LogP contribution >= 0.6 is 11.6 Å². The number of Topliss-reactive ketones (excluding diaryl/α,β-unsaturated/α-hetero) is 1. The molecule has 0 aromatic carbocycles. The first-order chi connectivity index (χ1) is 12.8. The zero-order valence-electron chi connectivity index (χ0n) is 16.9. The van der Waals surface area contributed by atoms with Crippen LogP contribution in [0.2, 0.25) is 0 Å². The first-order valence-electron chi connectivity index (χ1n) is 10.7. The molecular formula is C23H33ClO3. The fraction of sp³-hybridized carbons (Fsp3) is 0.826. The third kappa shape index (κ3) is 2.99. The minimum atomic E-state index is -0.160. The smallest absolute Gasteiger partial charge is 0.302 e. The van der Waals surface area contributed by atoms with E-state index in [1.807, 2.05) is 0 Å². The standard InChI is InChI=1S/C23H33ClO3/c1-14(25)27-16-8-10-22(2)15(12-16)4-5-17-18-6-7-20(21(26)13-24)23(18,3)11-9-19(17)22/h4,16-20H,5-13H2,1-3H3/t16-,17+,18-,19-,20-,22-,23-/m0/s1. The molecule has 0 unspecified atom stereocenters. The van der Waals surface area contributed by atoms with Gasteiger partial charge in [0.25, 0.3) is 0 Å². The number of alkyl halides is 1. The van der Waals surface area contributed by atoms with E-state index in [0.29, 0.717) is 17.8 Å². The zero-order chi connectivity index (χ0) is 19.4. The summed E-state index contributed by atoms with van der Waals surface area (Å²) in [6.45, 7) is 6.34. The number of esters is 1. The molecule has 0 aromatic heterocycles. The second-order valence-corrected chi connectivity index (χ2v) is 10.3. The van der Waals surface area contributed by atoms with Crippen LogP contribution in [0.3, 0.4) is 0 Å². The van der Waals surface area contributed by atoms with Crippen LogP contribution in [-0.4, -0.2) is 23.7 Å². The molecule has 3 nitrogen and oxygen atoms in total. The van der Waals surface area contributed by atoms with E-state index in [4.69, 9.17) is 16.3 Å². The highest BCUT2D eigenvalue weighted by Crippen LogP contribution is 2.66. The minimum absolute atomic E-state index is 0.0597. The third-order valence-corrected chi connectivity index (χ3v) is 9.18. The van der Waals surface area contributed by atoms with Crippen LogP contribution in [0.25, 0.3) is 0 Å². The molecule has 0 aliphatic heterocycles. The average molecular weight is 393 g/mol. The molecule has 0 saturated heterocycles. The van der Waals surface area contributed by atoms with E-state index in [2.05, 4.69) is 19.9 Å². The Kier molecular flexibility index (Phi) is 4.98. The number of ether oxygens (including phenoxy) is 1. The molecule has 4 rings (SSSR count). The van der Waals surface area contributed by atoms with Crippen molar-refractivity contribution in [2.24, 2.45) is 34.5 Å². The van der Waals surface area contributed by atoms with Crippen LogP contribution in [-0.2, 0) is 14.3 Å². The van der Waals surface area contributed by atoms with Crippen LogP contribution in [0.1, 0.15) is 72.1 Å². The van der Waals surface area contributed by atoms with Crippen molar-refractivity contribution in [2.45, 2.75) is 78.2 Å². The molecule has 0 bridgehead atoms. The van der Waals surface area contributed by atoms with E-state index in [0.717, 1.165) is 38.5 Å². The van der Waals surface area contributed by atoms with Gasteiger partial charge in [-0.2, -0.15) is 0 Å². The van der Waals surface area contributed by atoms with Gasteiger partial charge in [-0.1, -0.05) is 25.5 Å². The SMILES string of the molecule is CC(=O)O[C@H]1CC[C@@]2(C)C(=CC[C@@H]3[C@@H]4CC[C@@H](C(=O)CCl)[C@@]4(C)CC[C@@H]32)C1. The van der Waals surface area contributed by atoms with Gasteiger partial charge in [0.15, 0.2) is 5.78 Å². The summed E-state index contributed by atoms with van der Waals surface area (Å²) < 4.78 is 5.53. The van der Waals surface area contributed by atoms with Gasteiger partial charge in [-0.05, 0) is 73.5 Å². The lowest BCUT2D eigenvalue weighted by Crippen LogP contribution is -2.51. The fourth-order valence-corrected chi connectivity index (χ4v) is 7.77. The summed E-state index contributed by atoms with van der Waals surface area (Å²) in [5, 5.41) is 0. The molecule has 3 fully saturated rings. The topological polar surface area (TPSA) is 43.4 Å². The van der Waals surface area contributed by atoms with Crippen molar-refractivity contribution in [3.05, 3.63) is 11.6 Å². The number of fused-ring (bicyclic) bond motifs is 5. The quantitative estimate of drug-likeness (QED) is 0.371. The summed E-state index contributed by atoms with van der Waals surface area (Å²) in [5.41, 5.74) is 1.91. The number of hydrogen-bond acceptors (Lipinski definition) is 3. The Labute approximate surface area is 168 Å². The van der Waals surface area contributed by atoms with Crippen LogP contribution in [0, 0.1) is 34.5 Å². The average Bonchev–Trinajstić information content (AvgIpc) is 2.98. The predicted octanol–water partition coefficient (Wildman–Crippen LogP) is 5.31. The van der Waals surface area contributed by atoms with Crippen LogP contribution < -0.4 is 0 Å². The van der Waals surface area contributed by atoms with E-state index in [1.165, 1.54) is 25.3 Å². The number of carbonyl (C=O) groups excluding carboxylic acids is 2. The Morgan fingerprint density at radius 2 is 1.93 bits per heavy atom. The third-order valence-electron chi connectivity index (χ3n) is 8.91. The van der Waals surface area contributed by atoms with E-state index in [9.17, 15) is 9.59 Å². The summed E-state index contributed by atoms with van der Waals surface area (Å²) in [5.74, 6) is 2.48. The van der Waals surface area contributed by atoms with Crippen molar-refractivity contribution in [2.75, 3.05) is 5.88 Å². The maximum absolute atomic E-state index is 12.5. The Morgan fingerprint density at radius 3 is 2.63 bits per heavy atom. The lowest BCUT2D eigenvalue weighted by Gasteiger charge is -2.58. The van der Waals surface area contributed by atoms with Crippen molar-refractivity contribution < 1.29 is 14.3 Å². The Morgan fingerprint density at radius 1 is 1.15 bits per heavy atom. The highest BCUT2D eigenvalue weighted by Gasteiger charge is 2.59. The molecule has 4 aliphatic rings. The van der Waals surface area contributed by atoms with Crippen molar-refractivity contribution in [1.29, 1.82) is 0 Å². The molecule has 0 aromatic rings. The summed E-state index contributed by atoms with van der Waals surface area (Å²) >= 11 is 5.93. The van der Waals surface area contributed by atoms with Gasteiger partial charge in [0.05, 0.1) is 5.88 Å². The zero-order valence-corrected chi connectivity index (χ0v) is 17.7. The van der Waals surface area contributed by atoms with E-state index >= 15 is 0 Å². The van der Waals surface area contributed by atoms with E-state index < -0.39 is 0 Å². The molecule has 0 radical (unpaired) electrons. The summed E-state index contributed by atoms with van der Waals surface area (Å²) in [7, 11) is 0. The second-order valence-electron chi connectivity index (χ2n) is 10.0. The molecule has 150 valence electrons. The highest BCUT2D eigenvalue weighted by molar-refractivity contribution is 6.28. The van der Waals surface area contributed by atoms with Crippen LogP contribution in [0.15, 0.2) is 11.6 Å². The second kappa shape index (κ2) is 6.90. The van der Waals surface area contributed by atoms with Gasteiger partial charge in [0.1, 0.15) is 6.10 Å². The molecular weight excluding hydrogens is 360 g/mol. The lowest BCUT2D eigenvalue weighted by molar-refractivity contribution is -0.149. The molecule has 4 heteroatoms. The van der Waals surface area contributed by atoms with Gasteiger partial charge in [-0.15, -0.1) is 11.6 Å². The molecule has 0 amide bonds. The number of hydrogen-bond donors (Lipinski definition) is 0. The van der Waals surface area contributed by atoms with Crippen molar-refractivity contribution in [3.63, 3.8) is 0 Å². The molecule has 4 aliphatic carbocycles. The van der Waals surface area contributed by atoms with Gasteiger partial charge in [-0.3, -0.25) is 9.59 Å². The minimum Gasteiger partial charge on any atom is -0.462 e. The summed E-state index contributed by atoms with van der Waals surface area (Å²) in [6.07, 6.45) is 11.2. The molecule has 0 heterocycles. The van der Waals surface area contributed by atoms with Gasteiger partial charge in [0.2, 0.25) is 0 Å². The van der Waals surface area contributed by atoms with Crippen molar-refractivity contribution in [1.82, 2.24) is 0 Å². The van der Waals surface area contributed by atoms with Crippen molar-refractivity contribution >= 4 is 23.4 Å². The van der Waals surface area contributed by atoms with Gasteiger partial charge in [0, 0.05) is 19.3 Å². The molecule has 0 spiro atoms. The van der Waals surface area contributed by atoms with Gasteiger partial charge < -0.3 is 4.74 Å². The number of allylic oxidation sites excluding steroid dienone is 1. The largest absolute Gasteiger partial charge is 0.462 e. The summed E-state index contributed by atoms with van der Waals surface area (Å²) in [6, 6.07) is 0.